The van der Waals surface area contributed by atoms with Gasteiger partial charge in [0.25, 0.3) is 5.91 Å². The summed E-state index contributed by atoms with van der Waals surface area (Å²) < 4.78 is 0. The van der Waals surface area contributed by atoms with Gasteiger partial charge in [-0.15, -0.1) is 0 Å². The van der Waals surface area contributed by atoms with Gasteiger partial charge < -0.3 is 10.6 Å². The fourth-order valence-corrected chi connectivity index (χ4v) is 2.34. The van der Waals surface area contributed by atoms with Crippen LogP contribution in [0.25, 0.3) is 6.08 Å². The highest BCUT2D eigenvalue weighted by Crippen LogP contribution is 2.21. The smallest absolute Gasteiger partial charge is 0.271 e. The van der Waals surface area contributed by atoms with Gasteiger partial charge in [0, 0.05) is 41.6 Å². The first-order valence-electron chi connectivity index (χ1n) is 7.51. The first kappa shape index (κ1) is 18.9. The molecule has 130 valence electrons. The van der Waals surface area contributed by atoms with E-state index in [0.717, 1.165) is 0 Å². The standard InChI is InChI=1S/C17H16Cl2N4O2/c18-13-4-2-12(14(19)10-13)3-5-16(24)22-6-1-7-23-17(25)15-11-20-8-9-21-15/h2-5,8-11H,1,6-7H2,(H,22,24)(H,23,25). The van der Waals surface area contributed by atoms with Crippen LogP contribution in [-0.2, 0) is 4.79 Å². The molecule has 0 radical (unpaired) electrons. The summed E-state index contributed by atoms with van der Waals surface area (Å²) in [7, 11) is 0. The number of halogens is 2. The SMILES string of the molecule is O=C(C=Cc1ccc(Cl)cc1Cl)NCCCNC(=O)c1cnccn1. The van der Waals surface area contributed by atoms with Crippen molar-refractivity contribution in [3.05, 3.63) is 64.2 Å². The van der Waals surface area contributed by atoms with Gasteiger partial charge in [-0.1, -0.05) is 29.3 Å². The van der Waals surface area contributed by atoms with Gasteiger partial charge in [-0.3, -0.25) is 14.6 Å². The zero-order valence-electron chi connectivity index (χ0n) is 13.2. The summed E-state index contributed by atoms with van der Waals surface area (Å²) in [6.45, 7) is 0.848. The van der Waals surface area contributed by atoms with Gasteiger partial charge in [0.15, 0.2) is 0 Å². The summed E-state index contributed by atoms with van der Waals surface area (Å²) in [5, 5.41) is 6.44. The van der Waals surface area contributed by atoms with E-state index in [9.17, 15) is 9.59 Å². The largest absolute Gasteiger partial charge is 0.352 e. The first-order chi connectivity index (χ1) is 12.1. The number of rotatable bonds is 7. The van der Waals surface area contributed by atoms with Crippen molar-refractivity contribution in [2.24, 2.45) is 0 Å². The molecule has 2 rings (SSSR count). The van der Waals surface area contributed by atoms with Gasteiger partial charge in [0.1, 0.15) is 5.69 Å². The van der Waals surface area contributed by atoms with Crippen LogP contribution in [0, 0.1) is 0 Å². The summed E-state index contributed by atoms with van der Waals surface area (Å²) in [6, 6.07) is 5.04. The number of nitrogens with one attached hydrogen (secondary N) is 2. The van der Waals surface area contributed by atoms with Gasteiger partial charge in [0.05, 0.1) is 6.20 Å². The normalized spacial score (nSPS) is 10.6. The van der Waals surface area contributed by atoms with Crippen molar-refractivity contribution in [2.45, 2.75) is 6.42 Å². The summed E-state index contributed by atoms with van der Waals surface area (Å²) in [6.07, 6.45) is 7.94. The van der Waals surface area contributed by atoms with Gasteiger partial charge in [-0.2, -0.15) is 0 Å². The number of carbonyl (C=O) groups is 2. The Balaban J connectivity index is 1.67. The van der Waals surface area contributed by atoms with Crippen LogP contribution in [0.4, 0.5) is 0 Å². The number of hydrogen-bond acceptors (Lipinski definition) is 4. The Morgan fingerprint density at radius 2 is 1.92 bits per heavy atom. The quantitative estimate of drug-likeness (QED) is 0.572. The molecule has 0 fully saturated rings. The third-order valence-corrected chi connectivity index (χ3v) is 3.67. The van der Waals surface area contributed by atoms with Gasteiger partial charge in [-0.25, -0.2) is 4.98 Å². The lowest BCUT2D eigenvalue weighted by atomic mass is 10.2. The highest BCUT2D eigenvalue weighted by Gasteiger charge is 2.05. The van der Waals surface area contributed by atoms with Crippen LogP contribution < -0.4 is 10.6 Å². The van der Waals surface area contributed by atoms with E-state index < -0.39 is 0 Å². The Bertz CT molecular complexity index is 766. The Kier molecular flexibility index (Phi) is 7.37. The van der Waals surface area contributed by atoms with Crippen LogP contribution >= 0.6 is 23.2 Å². The van der Waals surface area contributed by atoms with Crippen molar-refractivity contribution < 1.29 is 9.59 Å². The molecule has 0 atom stereocenters. The molecule has 0 unspecified atom stereocenters. The fourth-order valence-electron chi connectivity index (χ4n) is 1.87. The van der Waals surface area contributed by atoms with Gasteiger partial charge >= 0.3 is 0 Å². The van der Waals surface area contributed by atoms with Crippen molar-refractivity contribution in [1.82, 2.24) is 20.6 Å². The Morgan fingerprint density at radius 1 is 1.12 bits per heavy atom. The molecule has 25 heavy (non-hydrogen) atoms. The molecule has 6 nitrogen and oxygen atoms in total. The minimum atomic E-state index is -0.295. The molecule has 0 saturated heterocycles. The van der Waals surface area contributed by atoms with Crippen LogP contribution in [0.2, 0.25) is 10.0 Å². The molecular weight excluding hydrogens is 363 g/mol. The maximum Gasteiger partial charge on any atom is 0.271 e. The molecule has 0 bridgehead atoms. The van der Waals surface area contributed by atoms with Crippen molar-refractivity contribution >= 4 is 41.1 Å². The molecule has 0 saturated carbocycles. The molecule has 2 aromatic rings. The highest BCUT2D eigenvalue weighted by molar-refractivity contribution is 6.35. The zero-order chi connectivity index (χ0) is 18.1. The van der Waals surface area contributed by atoms with Crippen LogP contribution in [-0.4, -0.2) is 34.9 Å². The lowest BCUT2D eigenvalue weighted by molar-refractivity contribution is -0.116. The molecule has 2 N–H and O–H groups in total. The molecule has 8 heteroatoms. The van der Waals surface area contributed by atoms with Gasteiger partial charge in [0.2, 0.25) is 5.91 Å². The topological polar surface area (TPSA) is 84.0 Å². The maximum absolute atomic E-state index is 11.7. The number of nitrogens with zero attached hydrogens (tertiary/aromatic N) is 2. The Labute approximate surface area is 155 Å². The third kappa shape index (κ3) is 6.52. The number of hydrogen-bond donors (Lipinski definition) is 2. The van der Waals surface area contributed by atoms with Crippen molar-refractivity contribution in [3.63, 3.8) is 0 Å². The lowest BCUT2D eigenvalue weighted by Gasteiger charge is -2.05. The average molecular weight is 379 g/mol. The fraction of sp³-hybridized carbons (Fsp3) is 0.176. The lowest BCUT2D eigenvalue weighted by Crippen LogP contribution is -2.29. The molecule has 1 aromatic heterocycles. The molecule has 1 heterocycles. The van der Waals surface area contributed by atoms with E-state index in [1.54, 1.807) is 24.3 Å². The molecule has 0 spiro atoms. The van der Waals surface area contributed by atoms with Crippen molar-refractivity contribution in [3.8, 4) is 0 Å². The van der Waals surface area contributed by atoms with E-state index in [2.05, 4.69) is 20.6 Å². The summed E-state index contributed by atoms with van der Waals surface area (Å²) in [4.78, 5) is 31.2. The summed E-state index contributed by atoms with van der Waals surface area (Å²) in [5.41, 5.74) is 0.965. The second-order valence-electron chi connectivity index (χ2n) is 4.99. The van der Waals surface area contributed by atoms with Crippen LogP contribution in [0.5, 0.6) is 0 Å². The maximum atomic E-state index is 11.7. The second-order valence-corrected chi connectivity index (χ2v) is 5.83. The van der Waals surface area contributed by atoms with E-state index in [1.165, 1.54) is 24.7 Å². The molecule has 0 aliphatic heterocycles. The summed E-state index contributed by atoms with van der Waals surface area (Å²) >= 11 is 11.8. The highest BCUT2D eigenvalue weighted by atomic mass is 35.5. The number of amides is 2. The van der Waals surface area contributed by atoms with Crippen LogP contribution in [0.1, 0.15) is 22.5 Å². The van der Waals surface area contributed by atoms with E-state index in [1.807, 2.05) is 0 Å². The minimum absolute atomic E-state index is 0.244. The Hall–Kier alpha value is -2.44. The van der Waals surface area contributed by atoms with Gasteiger partial charge in [-0.05, 0) is 30.2 Å². The van der Waals surface area contributed by atoms with Crippen LogP contribution in [0.15, 0.2) is 42.9 Å². The van der Waals surface area contributed by atoms with E-state index in [0.29, 0.717) is 35.1 Å². The van der Waals surface area contributed by atoms with E-state index in [-0.39, 0.29) is 17.5 Å². The second kappa shape index (κ2) is 9.76. The molecule has 1 aromatic carbocycles. The van der Waals surface area contributed by atoms with Crippen molar-refractivity contribution in [1.29, 1.82) is 0 Å². The molecule has 0 aliphatic rings. The number of aromatic nitrogens is 2. The first-order valence-corrected chi connectivity index (χ1v) is 8.27. The summed E-state index contributed by atoms with van der Waals surface area (Å²) in [5.74, 6) is -0.539. The predicted octanol–water partition coefficient (Wildman–Crippen LogP) is 2.73. The minimum Gasteiger partial charge on any atom is -0.352 e. The molecular formula is C17H16Cl2N4O2. The zero-order valence-corrected chi connectivity index (χ0v) is 14.7. The van der Waals surface area contributed by atoms with E-state index in [4.69, 9.17) is 23.2 Å². The predicted molar refractivity (Wildman–Crippen MR) is 97.5 cm³/mol. The molecule has 2 amide bonds. The van der Waals surface area contributed by atoms with Crippen molar-refractivity contribution in [2.75, 3.05) is 13.1 Å². The average Bonchev–Trinajstić information content (AvgIpc) is 2.61. The molecule has 0 aliphatic carbocycles. The number of benzene rings is 1. The van der Waals surface area contributed by atoms with E-state index >= 15 is 0 Å². The Morgan fingerprint density at radius 3 is 2.64 bits per heavy atom. The monoisotopic (exact) mass is 378 g/mol. The third-order valence-electron chi connectivity index (χ3n) is 3.11. The van der Waals surface area contributed by atoms with Crippen LogP contribution in [0.3, 0.4) is 0 Å². The number of carbonyl (C=O) groups excluding carboxylic acids is 2.